The molecule has 3 heteroatoms. The number of methoxy groups -OCH3 is 1. The van der Waals surface area contributed by atoms with Gasteiger partial charge in [-0.25, -0.2) is 0 Å². The van der Waals surface area contributed by atoms with Crippen LogP contribution in [0.15, 0.2) is 24.3 Å². The Hall–Kier alpha value is -1.06. The van der Waals surface area contributed by atoms with Crippen molar-refractivity contribution < 1.29 is 9.84 Å². The third kappa shape index (κ3) is 1.73. The van der Waals surface area contributed by atoms with Crippen LogP contribution < -0.4 is 10.5 Å². The van der Waals surface area contributed by atoms with Gasteiger partial charge in [0.15, 0.2) is 0 Å². The van der Waals surface area contributed by atoms with Gasteiger partial charge in [-0.2, -0.15) is 0 Å². The van der Waals surface area contributed by atoms with E-state index < -0.39 is 0 Å². The van der Waals surface area contributed by atoms with E-state index in [0.29, 0.717) is 0 Å². The van der Waals surface area contributed by atoms with Crippen LogP contribution in [-0.2, 0) is 5.41 Å². The zero-order valence-corrected chi connectivity index (χ0v) is 8.94. The van der Waals surface area contributed by atoms with Crippen LogP contribution in [0.2, 0.25) is 0 Å². The summed E-state index contributed by atoms with van der Waals surface area (Å²) >= 11 is 0. The molecule has 0 aliphatic heterocycles. The third-order valence-electron chi connectivity index (χ3n) is 3.36. The van der Waals surface area contributed by atoms with Gasteiger partial charge in [0.05, 0.1) is 13.7 Å². The van der Waals surface area contributed by atoms with E-state index in [1.54, 1.807) is 7.11 Å². The Balaban J connectivity index is 2.22. The van der Waals surface area contributed by atoms with Crippen molar-refractivity contribution in [2.45, 2.75) is 24.3 Å². The molecule has 0 saturated heterocycles. The van der Waals surface area contributed by atoms with Gasteiger partial charge in [0.25, 0.3) is 0 Å². The molecule has 0 heterocycles. The molecule has 82 valence electrons. The molecule has 1 aromatic carbocycles. The molecular formula is C12H17NO2. The lowest BCUT2D eigenvalue weighted by molar-refractivity contribution is 0.242. The molecule has 1 fully saturated rings. The van der Waals surface area contributed by atoms with E-state index in [-0.39, 0.29) is 18.1 Å². The highest BCUT2D eigenvalue weighted by Gasteiger charge is 2.48. The summed E-state index contributed by atoms with van der Waals surface area (Å²) in [6.07, 6.45) is 2.14. The van der Waals surface area contributed by atoms with E-state index in [1.807, 2.05) is 24.3 Å². The predicted octanol–water partition coefficient (Wildman–Crippen LogP) is 1.05. The Labute approximate surface area is 89.9 Å². The highest BCUT2D eigenvalue weighted by atomic mass is 16.5. The first-order chi connectivity index (χ1) is 7.23. The second-order valence-electron chi connectivity index (χ2n) is 4.17. The fourth-order valence-electron chi connectivity index (χ4n) is 2.11. The quantitative estimate of drug-likeness (QED) is 0.775. The van der Waals surface area contributed by atoms with Crippen LogP contribution in [-0.4, -0.2) is 24.9 Å². The van der Waals surface area contributed by atoms with E-state index in [2.05, 4.69) is 0 Å². The zero-order chi connectivity index (χ0) is 10.9. The summed E-state index contributed by atoms with van der Waals surface area (Å²) in [7, 11) is 1.65. The summed E-state index contributed by atoms with van der Waals surface area (Å²) in [4.78, 5) is 0. The van der Waals surface area contributed by atoms with Crippen LogP contribution in [0.5, 0.6) is 5.75 Å². The maximum absolute atomic E-state index is 9.12. The topological polar surface area (TPSA) is 55.5 Å². The number of benzene rings is 1. The average Bonchev–Trinajstić information content (AvgIpc) is 3.09. The van der Waals surface area contributed by atoms with Crippen molar-refractivity contribution in [1.82, 2.24) is 0 Å². The molecule has 15 heavy (non-hydrogen) atoms. The van der Waals surface area contributed by atoms with Crippen molar-refractivity contribution in [3.8, 4) is 5.75 Å². The molecule has 1 atom stereocenters. The molecule has 1 saturated carbocycles. The number of hydrogen-bond acceptors (Lipinski definition) is 3. The highest BCUT2D eigenvalue weighted by molar-refractivity contribution is 5.37. The first kappa shape index (κ1) is 10.5. The van der Waals surface area contributed by atoms with E-state index in [0.717, 1.165) is 18.6 Å². The van der Waals surface area contributed by atoms with Crippen LogP contribution in [0.3, 0.4) is 0 Å². The van der Waals surface area contributed by atoms with Crippen molar-refractivity contribution in [3.05, 3.63) is 29.8 Å². The van der Waals surface area contributed by atoms with E-state index in [4.69, 9.17) is 15.6 Å². The van der Waals surface area contributed by atoms with Crippen LogP contribution in [0.1, 0.15) is 18.4 Å². The average molecular weight is 207 g/mol. The number of aliphatic hydroxyl groups excluding tert-OH is 1. The maximum atomic E-state index is 9.12. The molecule has 0 bridgehead atoms. The summed E-state index contributed by atoms with van der Waals surface area (Å²) in [6, 6.07) is 7.83. The van der Waals surface area contributed by atoms with Gasteiger partial charge in [0.2, 0.25) is 0 Å². The lowest BCUT2D eigenvalue weighted by Gasteiger charge is -2.22. The maximum Gasteiger partial charge on any atom is 0.118 e. The second-order valence-corrected chi connectivity index (χ2v) is 4.17. The fourth-order valence-corrected chi connectivity index (χ4v) is 2.11. The lowest BCUT2D eigenvalue weighted by atomic mass is 9.89. The van der Waals surface area contributed by atoms with Crippen molar-refractivity contribution in [2.75, 3.05) is 13.7 Å². The number of hydrogen-bond donors (Lipinski definition) is 2. The van der Waals surface area contributed by atoms with Crippen LogP contribution in [0, 0.1) is 0 Å². The first-order valence-electron chi connectivity index (χ1n) is 5.24. The zero-order valence-electron chi connectivity index (χ0n) is 8.94. The largest absolute Gasteiger partial charge is 0.497 e. The molecule has 1 aliphatic rings. The summed E-state index contributed by atoms with van der Waals surface area (Å²) in [6.45, 7) is 0.0476. The van der Waals surface area contributed by atoms with Gasteiger partial charge in [-0.3, -0.25) is 0 Å². The van der Waals surface area contributed by atoms with Crippen molar-refractivity contribution in [2.24, 2.45) is 5.73 Å². The number of rotatable bonds is 4. The normalized spacial score (nSPS) is 19.7. The second kappa shape index (κ2) is 3.83. The summed E-state index contributed by atoms with van der Waals surface area (Å²) < 4.78 is 5.11. The molecule has 2 rings (SSSR count). The Morgan fingerprint density at radius 3 is 2.40 bits per heavy atom. The van der Waals surface area contributed by atoms with Crippen molar-refractivity contribution in [3.63, 3.8) is 0 Å². The highest BCUT2D eigenvalue weighted by Crippen LogP contribution is 2.50. The summed E-state index contributed by atoms with van der Waals surface area (Å²) in [5, 5.41) is 9.12. The molecule has 0 radical (unpaired) electrons. The summed E-state index contributed by atoms with van der Waals surface area (Å²) in [5.41, 5.74) is 7.16. The predicted molar refractivity (Wildman–Crippen MR) is 59.0 cm³/mol. The molecular weight excluding hydrogens is 190 g/mol. The summed E-state index contributed by atoms with van der Waals surface area (Å²) in [5.74, 6) is 0.854. The van der Waals surface area contributed by atoms with Crippen molar-refractivity contribution in [1.29, 1.82) is 0 Å². The monoisotopic (exact) mass is 207 g/mol. The van der Waals surface area contributed by atoms with Gasteiger partial charge in [-0.15, -0.1) is 0 Å². The Kier molecular flexibility index (Phi) is 2.67. The number of nitrogens with two attached hydrogens (primary N) is 1. The smallest absolute Gasteiger partial charge is 0.118 e. The Morgan fingerprint density at radius 2 is 2.00 bits per heavy atom. The molecule has 3 N–H and O–H groups in total. The SMILES string of the molecule is COc1ccc(C2(C(N)CO)CC2)cc1. The van der Waals surface area contributed by atoms with Gasteiger partial charge in [0, 0.05) is 11.5 Å². The van der Waals surface area contributed by atoms with E-state index >= 15 is 0 Å². The minimum absolute atomic E-state index is 0.0149. The Bertz CT molecular complexity index is 330. The first-order valence-corrected chi connectivity index (χ1v) is 5.24. The number of ether oxygens (including phenoxy) is 1. The number of aliphatic hydroxyl groups is 1. The third-order valence-corrected chi connectivity index (χ3v) is 3.36. The van der Waals surface area contributed by atoms with Gasteiger partial charge in [-0.05, 0) is 30.5 Å². The van der Waals surface area contributed by atoms with Crippen molar-refractivity contribution >= 4 is 0 Å². The van der Waals surface area contributed by atoms with Gasteiger partial charge >= 0.3 is 0 Å². The van der Waals surface area contributed by atoms with Gasteiger partial charge in [-0.1, -0.05) is 12.1 Å². The molecule has 3 nitrogen and oxygen atoms in total. The van der Waals surface area contributed by atoms with Gasteiger partial charge in [0.1, 0.15) is 5.75 Å². The van der Waals surface area contributed by atoms with Crippen LogP contribution in [0.4, 0.5) is 0 Å². The molecule has 1 aliphatic carbocycles. The van der Waals surface area contributed by atoms with Crippen LogP contribution in [0.25, 0.3) is 0 Å². The van der Waals surface area contributed by atoms with Crippen LogP contribution >= 0.6 is 0 Å². The van der Waals surface area contributed by atoms with Gasteiger partial charge < -0.3 is 15.6 Å². The standard InChI is InChI=1S/C12H17NO2/c1-15-10-4-2-9(3-5-10)12(6-7-12)11(13)8-14/h2-5,11,14H,6-8,13H2,1H3. The molecule has 0 amide bonds. The fraction of sp³-hybridized carbons (Fsp3) is 0.500. The molecule has 1 unspecified atom stereocenters. The molecule has 1 aromatic rings. The minimum atomic E-state index is -0.147. The van der Waals surface area contributed by atoms with E-state index in [9.17, 15) is 0 Å². The van der Waals surface area contributed by atoms with E-state index in [1.165, 1.54) is 5.56 Å². The molecule has 0 aromatic heterocycles. The lowest BCUT2D eigenvalue weighted by Crippen LogP contribution is -2.37. The molecule has 0 spiro atoms. The Morgan fingerprint density at radius 1 is 1.40 bits per heavy atom. The minimum Gasteiger partial charge on any atom is -0.497 e.